The minimum Gasteiger partial charge on any atom is -0.466 e. The summed E-state index contributed by atoms with van der Waals surface area (Å²) in [5, 5.41) is 3.99. The Labute approximate surface area is 257 Å². The highest BCUT2D eigenvalue weighted by Gasteiger charge is 2.50. The Hall–Kier alpha value is -2.70. The van der Waals surface area contributed by atoms with Gasteiger partial charge in [0.05, 0.1) is 70.2 Å². The number of rotatable bonds is 9. The molecule has 234 valence electrons. The van der Waals surface area contributed by atoms with Gasteiger partial charge in [0, 0.05) is 12.4 Å². The van der Waals surface area contributed by atoms with Crippen LogP contribution in [0.4, 0.5) is 13.2 Å². The van der Waals surface area contributed by atoms with Crippen LogP contribution in [0.25, 0.3) is 0 Å². The van der Waals surface area contributed by atoms with Crippen molar-refractivity contribution in [2.24, 2.45) is 5.41 Å². The maximum absolute atomic E-state index is 14.6. The number of Topliss-reactive ketones (excluding diaryl/α,β-unsaturated/α-hetero) is 1. The summed E-state index contributed by atoms with van der Waals surface area (Å²) in [6, 6.07) is -0.683. The molecule has 0 radical (unpaired) electrons. The van der Waals surface area contributed by atoms with Crippen molar-refractivity contribution in [3.8, 4) is 0 Å². The van der Waals surface area contributed by atoms with Gasteiger partial charge in [-0.3, -0.25) is 24.0 Å². The minimum absolute atomic E-state index is 0.0248. The highest BCUT2D eigenvalue weighted by Crippen LogP contribution is 2.46. The lowest BCUT2D eigenvalue weighted by Gasteiger charge is -2.36. The minimum atomic E-state index is -4.92. The van der Waals surface area contributed by atoms with Crippen LogP contribution in [0.3, 0.4) is 0 Å². The fraction of sp³-hybridized carbons (Fsp3) is 0.621. The lowest BCUT2D eigenvalue weighted by Crippen LogP contribution is -2.47. The standard InChI is InChI=1S/C29H33Cl2F3N4O5/c1-3-42-26(41)27(2)8-4-17(5-9-27)38-24(29(32,33)34)19(12-36-38)25(40)37(16-28-10-6-18(43-28)7-11-28)15-22(39)23-20(30)13-35-14-21(23)31/h12-14,17-18H,3-11,15-16H2,1-2H3/t17?,18-,27?,28-. The topological polar surface area (TPSA) is 104 Å². The molecular formula is C29H33Cl2F3N4O5. The fourth-order valence-corrected chi connectivity index (χ4v) is 7.20. The van der Waals surface area contributed by atoms with E-state index in [4.69, 9.17) is 32.7 Å². The number of carbonyl (C=O) groups is 3. The van der Waals surface area contributed by atoms with E-state index in [1.54, 1.807) is 13.8 Å². The van der Waals surface area contributed by atoms with Crippen LogP contribution in [0.1, 0.15) is 97.7 Å². The fourth-order valence-electron chi connectivity index (χ4n) is 6.62. The second kappa shape index (κ2) is 12.0. The highest BCUT2D eigenvalue weighted by molar-refractivity contribution is 6.39. The molecule has 2 saturated heterocycles. The van der Waals surface area contributed by atoms with Gasteiger partial charge in [0.2, 0.25) is 0 Å². The predicted molar refractivity (Wildman–Crippen MR) is 150 cm³/mol. The molecular weight excluding hydrogens is 612 g/mol. The lowest BCUT2D eigenvalue weighted by atomic mass is 9.74. The first-order chi connectivity index (χ1) is 20.3. The van der Waals surface area contributed by atoms with Crippen LogP contribution >= 0.6 is 23.2 Å². The number of aromatic nitrogens is 3. The van der Waals surface area contributed by atoms with Crippen LogP contribution in [0.15, 0.2) is 18.6 Å². The van der Waals surface area contributed by atoms with E-state index >= 15 is 0 Å². The third-order valence-electron chi connectivity index (χ3n) is 8.96. The van der Waals surface area contributed by atoms with Crippen molar-refractivity contribution in [2.75, 3.05) is 19.7 Å². The Morgan fingerprint density at radius 3 is 2.23 bits per heavy atom. The van der Waals surface area contributed by atoms with E-state index in [2.05, 4.69) is 10.1 Å². The molecule has 1 saturated carbocycles. The van der Waals surface area contributed by atoms with Gasteiger partial charge < -0.3 is 14.4 Å². The molecule has 5 rings (SSSR count). The Kier molecular flexibility index (Phi) is 8.85. The summed E-state index contributed by atoms with van der Waals surface area (Å²) < 4.78 is 56.1. The van der Waals surface area contributed by atoms with Crippen LogP contribution in [0.2, 0.25) is 10.0 Å². The van der Waals surface area contributed by atoms with Crippen molar-refractivity contribution >= 4 is 40.9 Å². The first kappa shape index (κ1) is 31.7. The molecule has 9 nitrogen and oxygen atoms in total. The number of alkyl halides is 3. The summed E-state index contributed by atoms with van der Waals surface area (Å²) in [6.45, 7) is 3.02. The lowest BCUT2D eigenvalue weighted by molar-refractivity contribution is -0.157. The number of esters is 1. The average Bonchev–Trinajstić information content (AvgIpc) is 3.67. The molecule has 1 amide bonds. The molecule has 0 N–H and O–H groups in total. The molecule has 14 heteroatoms. The molecule has 2 aliphatic heterocycles. The van der Waals surface area contributed by atoms with E-state index in [0.717, 1.165) is 28.6 Å². The van der Waals surface area contributed by atoms with Gasteiger partial charge in [-0.15, -0.1) is 0 Å². The number of hydrogen-bond acceptors (Lipinski definition) is 7. The zero-order chi connectivity index (χ0) is 31.2. The molecule has 0 spiro atoms. The molecule has 2 aromatic heterocycles. The quantitative estimate of drug-likeness (QED) is 0.232. The monoisotopic (exact) mass is 644 g/mol. The Morgan fingerprint density at radius 2 is 1.70 bits per heavy atom. The van der Waals surface area contributed by atoms with E-state index in [1.807, 2.05) is 0 Å². The van der Waals surface area contributed by atoms with E-state index in [-0.39, 0.29) is 53.7 Å². The number of carbonyl (C=O) groups excluding carboxylic acids is 3. The molecule has 4 heterocycles. The van der Waals surface area contributed by atoms with E-state index < -0.39 is 52.7 Å². The van der Waals surface area contributed by atoms with Crippen LogP contribution in [0, 0.1) is 5.41 Å². The highest BCUT2D eigenvalue weighted by atomic mass is 35.5. The Balaban J connectivity index is 1.45. The summed E-state index contributed by atoms with van der Waals surface area (Å²) in [7, 11) is 0. The van der Waals surface area contributed by atoms with Gasteiger partial charge in [-0.05, 0) is 65.2 Å². The molecule has 43 heavy (non-hydrogen) atoms. The zero-order valence-corrected chi connectivity index (χ0v) is 25.4. The number of halogens is 5. The first-order valence-electron chi connectivity index (χ1n) is 14.4. The van der Waals surface area contributed by atoms with Crippen molar-refractivity contribution in [3.63, 3.8) is 0 Å². The predicted octanol–water partition coefficient (Wildman–Crippen LogP) is 6.32. The van der Waals surface area contributed by atoms with Crippen LogP contribution in [-0.2, 0) is 20.4 Å². The molecule has 3 fully saturated rings. The molecule has 0 unspecified atom stereocenters. The van der Waals surface area contributed by atoms with Crippen LogP contribution in [0.5, 0.6) is 0 Å². The number of pyridine rings is 1. The van der Waals surface area contributed by atoms with Crippen molar-refractivity contribution in [3.05, 3.63) is 45.5 Å². The second-order valence-electron chi connectivity index (χ2n) is 11.9. The van der Waals surface area contributed by atoms with Gasteiger partial charge in [0.1, 0.15) is 0 Å². The zero-order valence-electron chi connectivity index (χ0n) is 23.9. The van der Waals surface area contributed by atoms with Gasteiger partial charge in [-0.1, -0.05) is 23.2 Å². The van der Waals surface area contributed by atoms with Crippen molar-refractivity contribution in [1.29, 1.82) is 0 Å². The van der Waals surface area contributed by atoms with Gasteiger partial charge >= 0.3 is 12.1 Å². The molecule has 2 aromatic rings. The number of fused-ring (bicyclic) bond motifs is 2. The van der Waals surface area contributed by atoms with E-state index in [9.17, 15) is 27.6 Å². The maximum atomic E-state index is 14.6. The Bertz CT molecular complexity index is 1380. The van der Waals surface area contributed by atoms with Gasteiger partial charge in [0.25, 0.3) is 5.91 Å². The largest absolute Gasteiger partial charge is 0.466 e. The van der Waals surface area contributed by atoms with Gasteiger partial charge in [0.15, 0.2) is 11.5 Å². The average molecular weight is 646 g/mol. The molecule has 3 aliphatic rings. The normalized spacial score (nSPS) is 26.9. The molecule has 1 aliphatic carbocycles. The maximum Gasteiger partial charge on any atom is 0.433 e. The molecule has 0 atom stereocenters. The SMILES string of the molecule is CCOC(=O)C1(C)CCC(n2ncc(C(=O)N(CC(=O)c3c(Cl)cncc3Cl)C[C@]34CC[C@@H](CC3)O4)c2C(F)(F)F)CC1. The van der Waals surface area contributed by atoms with Gasteiger partial charge in [-0.2, -0.15) is 18.3 Å². The number of hydrogen-bond donors (Lipinski definition) is 0. The van der Waals surface area contributed by atoms with Gasteiger partial charge in [-0.25, -0.2) is 0 Å². The number of ether oxygens (including phenoxy) is 2. The van der Waals surface area contributed by atoms with E-state index in [1.165, 1.54) is 12.4 Å². The van der Waals surface area contributed by atoms with Crippen molar-refractivity contribution in [2.45, 2.75) is 89.1 Å². The number of nitrogens with zero attached hydrogens (tertiary/aromatic N) is 4. The number of ketones is 1. The summed E-state index contributed by atoms with van der Waals surface area (Å²) in [5.41, 5.74) is -3.46. The third kappa shape index (κ3) is 6.28. The van der Waals surface area contributed by atoms with E-state index in [0.29, 0.717) is 25.7 Å². The Morgan fingerprint density at radius 1 is 1.07 bits per heavy atom. The van der Waals surface area contributed by atoms with Crippen LogP contribution < -0.4 is 0 Å². The third-order valence-corrected chi connectivity index (χ3v) is 9.53. The van der Waals surface area contributed by atoms with Crippen LogP contribution in [-0.4, -0.2) is 68.7 Å². The smallest absolute Gasteiger partial charge is 0.433 e. The summed E-state index contributed by atoms with van der Waals surface area (Å²) in [5.74, 6) is -2.01. The van der Waals surface area contributed by atoms with Crippen molar-refractivity contribution < 1.29 is 37.0 Å². The number of amides is 1. The summed E-state index contributed by atoms with van der Waals surface area (Å²) in [4.78, 5) is 44.8. The molecule has 0 aromatic carbocycles. The first-order valence-corrected chi connectivity index (χ1v) is 15.1. The summed E-state index contributed by atoms with van der Waals surface area (Å²) in [6.07, 6.45) is 2.39. The van der Waals surface area contributed by atoms with Crippen molar-refractivity contribution in [1.82, 2.24) is 19.7 Å². The molecule has 2 bridgehead atoms. The summed E-state index contributed by atoms with van der Waals surface area (Å²) >= 11 is 12.4. The second-order valence-corrected chi connectivity index (χ2v) is 12.7.